The number of aryl methyl sites for hydroxylation is 1. The van der Waals surface area contributed by atoms with Gasteiger partial charge in [0.15, 0.2) is 17.2 Å². The first-order valence-electron chi connectivity index (χ1n) is 6.80. The predicted octanol–water partition coefficient (Wildman–Crippen LogP) is 2.08. The van der Waals surface area contributed by atoms with E-state index in [1.165, 1.54) is 6.20 Å². The molecule has 0 aliphatic carbocycles. The smallest absolute Gasteiger partial charge is 0.356 e. The summed E-state index contributed by atoms with van der Waals surface area (Å²) in [6.45, 7) is 2.73. The van der Waals surface area contributed by atoms with Crippen LogP contribution in [0.4, 0.5) is 5.82 Å². The monoisotopic (exact) mass is 317 g/mol. The third-order valence-corrected chi connectivity index (χ3v) is 4.36. The van der Waals surface area contributed by atoms with E-state index in [2.05, 4.69) is 21.9 Å². The van der Waals surface area contributed by atoms with Crippen LogP contribution in [-0.4, -0.2) is 37.5 Å². The van der Waals surface area contributed by atoms with E-state index < -0.39 is 5.97 Å². The number of hydrogen-bond donors (Lipinski definition) is 1. The molecule has 0 aliphatic rings. The van der Waals surface area contributed by atoms with Crippen molar-refractivity contribution < 1.29 is 9.90 Å². The van der Waals surface area contributed by atoms with Crippen molar-refractivity contribution >= 4 is 28.8 Å². The Bertz CT molecular complexity index is 826. The lowest BCUT2D eigenvalue weighted by Crippen LogP contribution is -2.18. The van der Waals surface area contributed by atoms with Gasteiger partial charge in [-0.3, -0.25) is 0 Å². The van der Waals surface area contributed by atoms with Crippen molar-refractivity contribution in [3.63, 3.8) is 0 Å². The van der Waals surface area contributed by atoms with Crippen LogP contribution in [0.5, 0.6) is 0 Å². The fourth-order valence-corrected chi connectivity index (χ4v) is 3.09. The lowest BCUT2D eigenvalue weighted by molar-refractivity contribution is 0.0691. The zero-order valence-corrected chi connectivity index (χ0v) is 13.0. The van der Waals surface area contributed by atoms with Crippen molar-refractivity contribution in [1.29, 1.82) is 0 Å². The van der Waals surface area contributed by atoms with Gasteiger partial charge in [0.2, 0.25) is 0 Å². The topological polar surface area (TPSA) is 83.6 Å². The normalized spacial score (nSPS) is 11.0. The molecule has 7 nitrogen and oxygen atoms in total. The number of rotatable bonds is 5. The minimum Gasteiger partial charge on any atom is -0.476 e. The molecular formula is C14H15N5O2S. The van der Waals surface area contributed by atoms with Crippen molar-refractivity contribution in [3.8, 4) is 0 Å². The minimum atomic E-state index is -1.05. The zero-order valence-electron chi connectivity index (χ0n) is 12.2. The second-order valence-corrected chi connectivity index (χ2v) is 6.04. The number of hydrogen-bond acceptors (Lipinski definition) is 6. The van der Waals surface area contributed by atoms with Crippen LogP contribution < -0.4 is 4.90 Å². The summed E-state index contributed by atoms with van der Waals surface area (Å²) in [5.41, 5.74) is 0.538. The molecule has 0 aliphatic heterocycles. The molecule has 0 radical (unpaired) electrons. The number of anilines is 1. The van der Waals surface area contributed by atoms with Gasteiger partial charge in [0.1, 0.15) is 0 Å². The van der Waals surface area contributed by atoms with E-state index >= 15 is 0 Å². The molecule has 3 aromatic heterocycles. The molecule has 8 heteroatoms. The molecule has 0 amide bonds. The number of nitrogens with zero attached hydrogens (tertiary/aromatic N) is 5. The van der Waals surface area contributed by atoms with Gasteiger partial charge in [-0.25, -0.2) is 19.7 Å². The molecule has 0 fully saturated rings. The Kier molecular flexibility index (Phi) is 3.76. The minimum absolute atomic E-state index is 0.00806. The Labute approximate surface area is 130 Å². The Balaban J connectivity index is 1.92. The molecule has 114 valence electrons. The van der Waals surface area contributed by atoms with Gasteiger partial charge in [-0.1, -0.05) is 6.92 Å². The fourth-order valence-electron chi connectivity index (χ4n) is 2.17. The summed E-state index contributed by atoms with van der Waals surface area (Å²) in [5.74, 6) is -0.409. The number of fused-ring (bicyclic) bond motifs is 1. The van der Waals surface area contributed by atoms with E-state index in [1.54, 1.807) is 28.1 Å². The van der Waals surface area contributed by atoms with Gasteiger partial charge in [0.05, 0.1) is 11.6 Å². The standard InChI is InChI=1S/C14H15N5O2S/c1-3-11-16-6-9(22-11)7-18(2)12-13-17-10(14(20)21)8-19(13)5-4-15-12/h4-6,8H,3,7H2,1-2H3,(H,20,21). The van der Waals surface area contributed by atoms with Gasteiger partial charge >= 0.3 is 5.97 Å². The Morgan fingerprint density at radius 2 is 2.27 bits per heavy atom. The van der Waals surface area contributed by atoms with Crippen LogP contribution in [0.2, 0.25) is 0 Å². The van der Waals surface area contributed by atoms with Gasteiger partial charge in [-0.2, -0.15) is 0 Å². The van der Waals surface area contributed by atoms with Crippen LogP contribution in [0.1, 0.15) is 27.3 Å². The summed E-state index contributed by atoms with van der Waals surface area (Å²) in [7, 11) is 1.91. The van der Waals surface area contributed by atoms with Crippen molar-refractivity contribution in [2.45, 2.75) is 19.9 Å². The maximum absolute atomic E-state index is 11.1. The molecule has 3 heterocycles. The van der Waals surface area contributed by atoms with Crippen molar-refractivity contribution in [3.05, 3.63) is 40.4 Å². The zero-order chi connectivity index (χ0) is 15.7. The highest BCUT2D eigenvalue weighted by Crippen LogP contribution is 2.21. The first-order chi connectivity index (χ1) is 10.6. The van der Waals surface area contributed by atoms with Gasteiger partial charge in [0, 0.05) is 36.7 Å². The van der Waals surface area contributed by atoms with E-state index in [4.69, 9.17) is 5.11 Å². The SMILES string of the molecule is CCc1ncc(CN(C)c2nccn3cc(C(=O)O)nc23)s1. The van der Waals surface area contributed by atoms with Gasteiger partial charge in [-0.05, 0) is 6.42 Å². The van der Waals surface area contributed by atoms with Crippen molar-refractivity contribution in [1.82, 2.24) is 19.4 Å². The van der Waals surface area contributed by atoms with Crippen LogP contribution in [0.25, 0.3) is 5.65 Å². The molecule has 0 aromatic carbocycles. The Morgan fingerprint density at radius 1 is 1.45 bits per heavy atom. The maximum atomic E-state index is 11.1. The second-order valence-electron chi connectivity index (χ2n) is 4.84. The molecular weight excluding hydrogens is 302 g/mol. The highest BCUT2D eigenvalue weighted by Gasteiger charge is 2.15. The van der Waals surface area contributed by atoms with Crippen molar-refractivity contribution in [2.24, 2.45) is 0 Å². The second kappa shape index (κ2) is 5.72. The molecule has 0 saturated heterocycles. The van der Waals surface area contributed by atoms with Gasteiger partial charge in [0.25, 0.3) is 0 Å². The van der Waals surface area contributed by atoms with Gasteiger partial charge in [-0.15, -0.1) is 11.3 Å². The molecule has 0 bridgehead atoms. The fraction of sp³-hybridized carbons (Fsp3) is 0.286. The number of imidazole rings is 1. The van der Waals surface area contributed by atoms with Crippen LogP contribution >= 0.6 is 11.3 Å². The number of carboxylic acid groups (broad SMARTS) is 1. The number of thiazole rings is 1. The molecule has 0 unspecified atom stereocenters. The summed E-state index contributed by atoms with van der Waals surface area (Å²) in [5, 5.41) is 10.2. The van der Waals surface area contributed by atoms with Crippen molar-refractivity contribution in [2.75, 3.05) is 11.9 Å². The Hall–Kier alpha value is -2.48. The third-order valence-electron chi connectivity index (χ3n) is 3.23. The highest BCUT2D eigenvalue weighted by molar-refractivity contribution is 7.11. The van der Waals surface area contributed by atoms with E-state index in [-0.39, 0.29) is 5.69 Å². The quantitative estimate of drug-likeness (QED) is 0.775. The molecule has 0 spiro atoms. The first kappa shape index (κ1) is 14.5. The van der Waals surface area contributed by atoms with Crippen LogP contribution in [0, 0.1) is 0 Å². The number of aromatic nitrogens is 4. The third kappa shape index (κ3) is 2.64. The molecule has 3 rings (SSSR count). The van der Waals surface area contributed by atoms with Gasteiger partial charge < -0.3 is 14.4 Å². The first-order valence-corrected chi connectivity index (χ1v) is 7.62. The molecule has 3 aromatic rings. The predicted molar refractivity (Wildman–Crippen MR) is 83.5 cm³/mol. The van der Waals surface area contributed by atoms with E-state index in [0.29, 0.717) is 18.0 Å². The van der Waals surface area contributed by atoms with E-state index in [1.807, 2.05) is 18.1 Å². The molecule has 1 N–H and O–H groups in total. The average Bonchev–Trinajstić information content (AvgIpc) is 3.12. The van der Waals surface area contributed by atoms with E-state index in [9.17, 15) is 4.79 Å². The lowest BCUT2D eigenvalue weighted by atomic mass is 10.4. The van der Waals surface area contributed by atoms with Crippen LogP contribution in [0.3, 0.4) is 0 Å². The molecule has 22 heavy (non-hydrogen) atoms. The molecule has 0 saturated carbocycles. The summed E-state index contributed by atoms with van der Waals surface area (Å²) in [4.78, 5) is 27.0. The summed E-state index contributed by atoms with van der Waals surface area (Å²) >= 11 is 1.67. The molecule has 0 atom stereocenters. The van der Waals surface area contributed by atoms with Crippen LogP contribution in [-0.2, 0) is 13.0 Å². The number of aromatic carboxylic acids is 1. The summed E-state index contributed by atoms with van der Waals surface area (Å²) < 4.78 is 1.67. The largest absolute Gasteiger partial charge is 0.476 e. The Morgan fingerprint density at radius 3 is 2.95 bits per heavy atom. The lowest BCUT2D eigenvalue weighted by Gasteiger charge is -2.17. The summed E-state index contributed by atoms with van der Waals surface area (Å²) in [6, 6.07) is 0. The van der Waals surface area contributed by atoms with E-state index in [0.717, 1.165) is 16.3 Å². The highest BCUT2D eigenvalue weighted by atomic mass is 32.1. The number of carboxylic acids is 1. The maximum Gasteiger partial charge on any atom is 0.356 e. The average molecular weight is 317 g/mol. The number of carbonyl (C=O) groups is 1. The summed E-state index contributed by atoms with van der Waals surface area (Å²) in [6.07, 6.45) is 7.60. The van der Waals surface area contributed by atoms with Crippen LogP contribution in [0.15, 0.2) is 24.8 Å².